The van der Waals surface area contributed by atoms with Crippen LogP contribution in [0.3, 0.4) is 0 Å². The van der Waals surface area contributed by atoms with E-state index in [-0.39, 0.29) is 17.5 Å². The maximum Gasteiger partial charge on any atom is 0.231 e. The third kappa shape index (κ3) is 3.91. The largest absolute Gasteiger partial charge is 0.323 e. The van der Waals surface area contributed by atoms with Gasteiger partial charge in [-0.15, -0.1) is 0 Å². The van der Waals surface area contributed by atoms with Crippen molar-refractivity contribution in [3.8, 4) is 0 Å². The van der Waals surface area contributed by atoms with Gasteiger partial charge in [0.15, 0.2) is 0 Å². The molecular formula is C18H20FNO. The molecule has 0 heterocycles. The van der Waals surface area contributed by atoms with Crippen LogP contribution in [0.15, 0.2) is 48.5 Å². The normalized spacial score (nSPS) is 12.0. The quantitative estimate of drug-likeness (QED) is 0.850. The predicted octanol–water partition coefficient (Wildman–Crippen LogP) is 4.66. The van der Waals surface area contributed by atoms with Crippen molar-refractivity contribution in [3.63, 3.8) is 0 Å². The molecule has 0 radical (unpaired) electrons. The first kappa shape index (κ1) is 15.2. The summed E-state index contributed by atoms with van der Waals surface area (Å²) in [4.78, 5) is 12.5. The third-order valence-corrected chi connectivity index (χ3v) is 3.48. The highest BCUT2D eigenvalue weighted by atomic mass is 19.1. The van der Waals surface area contributed by atoms with Gasteiger partial charge < -0.3 is 5.32 Å². The van der Waals surface area contributed by atoms with Crippen LogP contribution >= 0.6 is 0 Å². The van der Waals surface area contributed by atoms with E-state index in [1.807, 2.05) is 44.2 Å². The third-order valence-electron chi connectivity index (χ3n) is 3.48. The fourth-order valence-electron chi connectivity index (χ4n) is 2.36. The number of carbonyl (C=O) groups is 1. The maximum absolute atomic E-state index is 13.8. The highest BCUT2D eigenvalue weighted by Gasteiger charge is 2.20. The number of anilines is 1. The zero-order valence-electron chi connectivity index (χ0n) is 12.4. The zero-order chi connectivity index (χ0) is 15.2. The molecule has 0 spiro atoms. The monoisotopic (exact) mass is 285 g/mol. The van der Waals surface area contributed by atoms with Crippen LogP contribution in [0.2, 0.25) is 0 Å². The summed E-state index contributed by atoms with van der Waals surface area (Å²) in [5.74, 6) is -0.811. The summed E-state index contributed by atoms with van der Waals surface area (Å²) in [5.41, 5.74) is 2.03. The van der Waals surface area contributed by atoms with Crippen molar-refractivity contribution in [1.29, 1.82) is 0 Å². The van der Waals surface area contributed by atoms with Crippen LogP contribution in [-0.4, -0.2) is 5.91 Å². The average Bonchev–Trinajstić information content (AvgIpc) is 2.48. The Kier molecular flexibility index (Phi) is 5.09. The molecule has 1 N–H and O–H groups in total. The van der Waals surface area contributed by atoms with Gasteiger partial charge in [-0.2, -0.15) is 0 Å². The summed E-state index contributed by atoms with van der Waals surface area (Å²) in [6, 6.07) is 14.4. The molecule has 1 unspecified atom stereocenters. The number of carbonyl (C=O) groups excluding carboxylic acids is 1. The Labute approximate surface area is 125 Å². The van der Waals surface area contributed by atoms with Gasteiger partial charge in [-0.05, 0) is 36.6 Å². The Balaban J connectivity index is 2.19. The van der Waals surface area contributed by atoms with E-state index in [1.165, 1.54) is 6.07 Å². The lowest BCUT2D eigenvalue weighted by molar-refractivity contribution is -0.117. The first-order chi connectivity index (χ1) is 10.1. The van der Waals surface area contributed by atoms with E-state index in [1.54, 1.807) is 12.1 Å². The van der Waals surface area contributed by atoms with E-state index in [0.29, 0.717) is 0 Å². The number of benzene rings is 2. The van der Waals surface area contributed by atoms with Crippen molar-refractivity contribution in [2.45, 2.75) is 32.6 Å². The lowest BCUT2D eigenvalue weighted by atomic mass is 9.93. The van der Waals surface area contributed by atoms with Crippen LogP contribution in [0.4, 0.5) is 10.1 Å². The van der Waals surface area contributed by atoms with Crippen LogP contribution in [0.25, 0.3) is 0 Å². The molecule has 0 saturated carbocycles. The fourth-order valence-corrected chi connectivity index (χ4v) is 2.36. The van der Waals surface area contributed by atoms with Crippen molar-refractivity contribution in [1.82, 2.24) is 0 Å². The van der Waals surface area contributed by atoms with Crippen LogP contribution in [0, 0.1) is 12.7 Å². The van der Waals surface area contributed by atoms with Gasteiger partial charge in [0, 0.05) is 0 Å². The molecule has 0 bridgehead atoms. The van der Waals surface area contributed by atoms with Crippen molar-refractivity contribution in [2.75, 3.05) is 5.32 Å². The van der Waals surface area contributed by atoms with Crippen LogP contribution < -0.4 is 5.32 Å². The molecular weight excluding hydrogens is 265 g/mol. The molecule has 1 amide bonds. The molecule has 0 aliphatic rings. The van der Waals surface area contributed by atoms with Crippen molar-refractivity contribution in [3.05, 3.63) is 65.5 Å². The Morgan fingerprint density at radius 3 is 2.52 bits per heavy atom. The minimum absolute atomic E-state index is 0.161. The number of rotatable bonds is 5. The van der Waals surface area contributed by atoms with Gasteiger partial charge in [0.1, 0.15) is 5.82 Å². The number of hydrogen-bond acceptors (Lipinski definition) is 1. The van der Waals surface area contributed by atoms with Crippen LogP contribution in [0.1, 0.15) is 36.8 Å². The van der Waals surface area contributed by atoms with E-state index in [4.69, 9.17) is 0 Å². The molecule has 0 saturated heterocycles. The fraction of sp³-hybridized carbons (Fsp3) is 0.278. The summed E-state index contributed by atoms with van der Waals surface area (Å²) >= 11 is 0. The number of nitrogens with one attached hydrogen (secondary N) is 1. The summed E-state index contributed by atoms with van der Waals surface area (Å²) in [6.07, 6.45) is 1.63. The molecule has 1 atom stereocenters. The number of halogens is 1. The number of amides is 1. The van der Waals surface area contributed by atoms with Crippen LogP contribution in [-0.2, 0) is 4.79 Å². The van der Waals surface area contributed by atoms with E-state index in [2.05, 4.69) is 5.32 Å². The zero-order valence-corrected chi connectivity index (χ0v) is 12.4. The molecule has 0 aromatic heterocycles. The van der Waals surface area contributed by atoms with E-state index < -0.39 is 5.82 Å². The van der Waals surface area contributed by atoms with Gasteiger partial charge in [-0.3, -0.25) is 4.79 Å². The molecule has 2 aromatic rings. The number of hydrogen-bond donors (Lipinski definition) is 1. The Hall–Kier alpha value is -2.16. The summed E-state index contributed by atoms with van der Waals surface area (Å²) in [5, 5.41) is 2.71. The summed E-state index contributed by atoms with van der Waals surface area (Å²) in [7, 11) is 0. The molecule has 0 fully saturated rings. The molecule has 2 aromatic carbocycles. The van der Waals surface area contributed by atoms with Crippen LogP contribution in [0.5, 0.6) is 0 Å². The first-order valence-electron chi connectivity index (χ1n) is 7.23. The Morgan fingerprint density at radius 2 is 1.90 bits per heavy atom. The summed E-state index contributed by atoms with van der Waals surface area (Å²) in [6.45, 7) is 3.86. The highest BCUT2D eigenvalue weighted by molar-refractivity contribution is 5.95. The standard InChI is InChI=1S/C18H20FNO/c1-3-7-15(14-8-5-4-6-9-14)18(21)20-17-11-10-13(2)12-16(17)19/h4-6,8-12,15H,3,7H2,1-2H3,(H,20,21). The molecule has 110 valence electrons. The van der Waals surface area contributed by atoms with Crippen molar-refractivity contribution < 1.29 is 9.18 Å². The molecule has 0 aliphatic heterocycles. The Morgan fingerprint density at radius 1 is 1.19 bits per heavy atom. The van der Waals surface area contributed by atoms with Crippen molar-refractivity contribution in [2.24, 2.45) is 0 Å². The second-order valence-electron chi connectivity index (χ2n) is 5.22. The lowest BCUT2D eigenvalue weighted by Gasteiger charge is -2.17. The van der Waals surface area contributed by atoms with E-state index >= 15 is 0 Å². The van der Waals surface area contributed by atoms with Gasteiger partial charge in [0.25, 0.3) is 0 Å². The average molecular weight is 285 g/mol. The second kappa shape index (κ2) is 7.02. The topological polar surface area (TPSA) is 29.1 Å². The smallest absolute Gasteiger partial charge is 0.231 e. The van der Waals surface area contributed by atoms with Gasteiger partial charge >= 0.3 is 0 Å². The minimum atomic E-state index is -0.397. The minimum Gasteiger partial charge on any atom is -0.323 e. The van der Waals surface area contributed by atoms with E-state index in [9.17, 15) is 9.18 Å². The SMILES string of the molecule is CCCC(C(=O)Nc1ccc(C)cc1F)c1ccccc1. The van der Waals surface area contributed by atoms with Crippen molar-refractivity contribution >= 4 is 11.6 Å². The molecule has 0 aliphatic carbocycles. The van der Waals surface area contributed by atoms with Gasteiger partial charge in [0.05, 0.1) is 11.6 Å². The second-order valence-corrected chi connectivity index (χ2v) is 5.22. The highest BCUT2D eigenvalue weighted by Crippen LogP contribution is 2.24. The molecule has 2 nitrogen and oxygen atoms in total. The molecule has 2 rings (SSSR count). The van der Waals surface area contributed by atoms with Gasteiger partial charge in [-0.1, -0.05) is 49.7 Å². The van der Waals surface area contributed by atoms with Gasteiger partial charge in [0.2, 0.25) is 5.91 Å². The summed E-state index contributed by atoms with van der Waals surface area (Å²) < 4.78 is 13.8. The predicted molar refractivity (Wildman–Crippen MR) is 83.9 cm³/mol. The first-order valence-corrected chi connectivity index (χ1v) is 7.23. The molecule has 21 heavy (non-hydrogen) atoms. The van der Waals surface area contributed by atoms with E-state index in [0.717, 1.165) is 24.0 Å². The number of aryl methyl sites for hydroxylation is 1. The Bertz CT molecular complexity index is 610. The maximum atomic E-state index is 13.8. The van der Waals surface area contributed by atoms with Gasteiger partial charge in [-0.25, -0.2) is 4.39 Å². The molecule has 3 heteroatoms. The lowest BCUT2D eigenvalue weighted by Crippen LogP contribution is -2.21.